The molecule has 0 aliphatic heterocycles. The van der Waals surface area contributed by atoms with E-state index in [-0.39, 0.29) is 5.78 Å². The number of hydrogen-bond acceptors (Lipinski definition) is 6. The van der Waals surface area contributed by atoms with Crippen molar-refractivity contribution >= 4 is 23.1 Å². The van der Waals surface area contributed by atoms with Crippen LogP contribution in [0, 0.1) is 6.92 Å². The summed E-state index contributed by atoms with van der Waals surface area (Å²) in [5.41, 5.74) is 2.67. The second-order valence-corrected chi connectivity index (χ2v) is 6.15. The Hall–Kier alpha value is -3.41. The van der Waals surface area contributed by atoms with Gasteiger partial charge >= 0.3 is 0 Å². The molecule has 0 unspecified atom stereocenters. The highest BCUT2D eigenvalue weighted by molar-refractivity contribution is 5.94. The fourth-order valence-electron chi connectivity index (χ4n) is 2.59. The van der Waals surface area contributed by atoms with Crippen LogP contribution in [0.2, 0.25) is 0 Å². The summed E-state index contributed by atoms with van der Waals surface area (Å²) >= 11 is 0. The van der Waals surface area contributed by atoms with Crippen LogP contribution in [0.1, 0.15) is 28.7 Å². The molecule has 2 N–H and O–H groups in total. The number of Topliss-reactive ketones (excluding diaryl/α,β-unsaturated/α-hetero) is 1. The maximum absolute atomic E-state index is 11.4. The normalized spacial score (nSPS) is 10.3. The Balaban J connectivity index is 1.68. The molecule has 2 aromatic carbocycles. The van der Waals surface area contributed by atoms with Gasteiger partial charge in [-0.05, 0) is 55.8 Å². The van der Waals surface area contributed by atoms with Gasteiger partial charge in [-0.25, -0.2) is 9.97 Å². The molecule has 138 valence electrons. The number of methoxy groups -OCH3 is 1. The van der Waals surface area contributed by atoms with Gasteiger partial charge in [-0.3, -0.25) is 4.79 Å². The van der Waals surface area contributed by atoms with E-state index in [1.807, 2.05) is 49.4 Å². The predicted molar refractivity (Wildman–Crippen MR) is 107 cm³/mol. The first-order valence-corrected chi connectivity index (χ1v) is 8.64. The number of nitrogens with zero attached hydrogens (tertiary/aromatic N) is 2. The van der Waals surface area contributed by atoms with Gasteiger partial charge in [0, 0.05) is 23.9 Å². The van der Waals surface area contributed by atoms with Crippen LogP contribution in [0.25, 0.3) is 0 Å². The number of rotatable bonds is 7. The zero-order valence-corrected chi connectivity index (χ0v) is 15.6. The summed E-state index contributed by atoms with van der Waals surface area (Å²) in [4.78, 5) is 20.2. The number of benzene rings is 2. The molecule has 0 aliphatic carbocycles. The number of carbonyl (C=O) groups is 1. The van der Waals surface area contributed by atoms with Crippen molar-refractivity contribution in [2.24, 2.45) is 0 Å². The van der Waals surface area contributed by atoms with Gasteiger partial charge in [0.1, 0.15) is 23.2 Å². The van der Waals surface area contributed by atoms with Gasteiger partial charge in [0.2, 0.25) is 0 Å². The number of hydrogen-bond donors (Lipinski definition) is 2. The number of nitrogens with one attached hydrogen (secondary N) is 2. The van der Waals surface area contributed by atoms with Crippen molar-refractivity contribution in [2.75, 3.05) is 17.7 Å². The highest BCUT2D eigenvalue weighted by Crippen LogP contribution is 2.19. The van der Waals surface area contributed by atoms with Gasteiger partial charge in [-0.1, -0.05) is 12.1 Å². The fourth-order valence-corrected chi connectivity index (χ4v) is 2.59. The molecule has 6 heteroatoms. The van der Waals surface area contributed by atoms with Gasteiger partial charge in [-0.2, -0.15) is 0 Å². The maximum atomic E-state index is 11.4. The Morgan fingerprint density at radius 3 is 2.30 bits per heavy atom. The molecular formula is C21H22N4O2. The SMILES string of the molecule is COc1ccc(CNc2cc(Nc3ccc(C(C)=O)cc3)nc(C)n2)cc1. The molecule has 27 heavy (non-hydrogen) atoms. The molecular weight excluding hydrogens is 340 g/mol. The molecule has 0 radical (unpaired) electrons. The topological polar surface area (TPSA) is 76.1 Å². The Morgan fingerprint density at radius 2 is 1.67 bits per heavy atom. The minimum atomic E-state index is 0.0458. The zero-order chi connectivity index (χ0) is 19.2. The van der Waals surface area contributed by atoms with Gasteiger partial charge < -0.3 is 15.4 Å². The third kappa shape index (κ3) is 5.04. The van der Waals surface area contributed by atoms with Crippen molar-refractivity contribution < 1.29 is 9.53 Å². The molecule has 1 aromatic heterocycles. The largest absolute Gasteiger partial charge is 0.497 e. The van der Waals surface area contributed by atoms with E-state index in [1.165, 1.54) is 0 Å². The number of ether oxygens (including phenoxy) is 1. The summed E-state index contributed by atoms with van der Waals surface area (Å²) in [6.45, 7) is 4.05. The first-order chi connectivity index (χ1) is 13.0. The van der Waals surface area contributed by atoms with E-state index in [0.29, 0.717) is 23.8 Å². The Kier molecular flexibility index (Phi) is 5.66. The fraction of sp³-hybridized carbons (Fsp3) is 0.190. The van der Waals surface area contributed by atoms with Crippen LogP contribution in [0.15, 0.2) is 54.6 Å². The Labute approximate surface area is 158 Å². The lowest BCUT2D eigenvalue weighted by molar-refractivity contribution is 0.101. The third-order valence-electron chi connectivity index (χ3n) is 4.03. The van der Waals surface area contributed by atoms with Crippen LogP contribution in [0.3, 0.4) is 0 Å². The van der Waals surface area contributed by atoms with Crippen molar-refractivity contribution in [3.8, 4) is 5.75 Å². The quantitative estimate of drug-likeness (QED) is 0.609. The van der Waals surface area contributed by atoms with Gasteiger partial charge in [0.05, 0.1) is 7.11 Å². The predicted octanol–water partition coefficient (Wildman–Crippen LogP) is 4.35. The van der Waals surface area contributed by atoms with Gasteiger partial charge in [0.25, 0.3) is 0 Å². The molecule has 0 saturated heterocycles. The minimum absolute atomic E-state index is 0.0458. The average Bonchev–Trinajstić information content (AvgIpc) is 2.67. The number of aryl methyl sites for hydroxylation is 1. The van der Waals surface area contributed by atoms with Crippen LogP contribution >= 0.6 is 0 Å². The first kappa shape index (κ1) is 18.4. The molecule has 3 aromatic rings. The van der Waals surface area contributed by atoms with Crippen molar-refractivity contribution in [1.82, 2.24) is 9.97 Å². The molecule has 0 fully saturated rings. The smallest absolute Gasteiger partial charge is 0.159 e. The van der Waals surface area contributed by atoms with E-state index in [9.17, 15) is 4.79 Å². The lowest BCUT2D eigenvalue weighted by Gasteiger charge is -2.11. The second-order valence-electron chi connectivity index (χ2n) is 6.15. The molecule has 0 bridgehead atoms. The number of ketones is 1. The molecule has 3 rings (SSSR count). The van der Waals surface area contributed by atoms with Crippen molar-refractivity contribution in [2.45, 2.75) is 20.4 Å². The van der Waals surface area contributed by atoms with Crippen molar-refractivity contribution in [1.29, 1.82) is 0 Å². The monoisotopic (exact) mass is 362 g/mol. The minimum Gasteiger partial charge on any atom is -0.497 e. The van der Waals surface area contributed by atoms with Gasteiger partial charge in [-0.15, -0.1) is 0 Å². The number of aromatic nitrogens is 2. The highest BCUT2D eigenvalue weighted by Gasteiger charge is 2.04. The van der Waals surface area contributed by atoms with Gasteiger partial charge in [0.15, 0.2) is 5.78 Å². The number of anilines is 3. The van der Waals surface area contributed by atoms with Crippen LogP contribution in [0.4, 0.5) is 17.3 Å². The summed E-state index contributed by atoms with van der Waals surface area (Å²) in [5, 5.41) is 6.56. The van der Waals surface area contributed by atoms with E-state index in [1.54, 1.807) is 26.2 Å². The molecule has 0 amide bonds. The third-order valence-corrected chi connectivity index (χ3v) is 4.03. The van der Waals surface area contributed by atoms with Crippen molar-refractivity contribution in [3.05, 3.63) is 71.5 Å². The lowest BCUT2D eigenvalue weighted by atomic mass is 10.1. The summed E-state index contributed by atoms with van der Waals surface area (Å²) in [6, 6.07) is 17.0. The number of carbonyl (C=O) groups excluding carboxylic acids is 1. The Morgan fingerprint density at radius 1 is 1.00 bits per heavy atom. The van der Waals surface area contributed by atoms with Crippen LogP contribution in [-0.2, 0) is 6.54 Å². The van der Waals surface area contributed by atoms with Crippen LogP contribution in [0.5, 0.6) is 5.75 Å². The van der Waals surface area contributed by atoms with E-state index >= 15 is 0 Å². The van der Waals surface area contributed by atoms with E-state index < -0.39 is 0 Å². The van der Waals surface area contributed by atoms with E-state index in [2.05, 4.69) is 20.6 Å². The first-order valence-electron chi connectivity index (χ1n) is 8.64. The summed E-state index contributed by atoms with van der Waals surface area (Å²) in [7, 11) is 1.65. The zero-order valence-electron chi connectivity index (χ0n) is 15.6. The second kappa shape index (κ2) is 8.31. The summed E-state index contributed by atoms with van der Waals surface area (Å²) in [6.07, 6.45) is 0. The van der Waals surface area contributed by atoms with Crippen LogP contribution < -0.4 is 15.4 Å². The molecule has 0 spiro atoms. The summed E-state index contributed by atoms with van der Waals surface area (Å²) in [5.74, 6) is 2.97. The van der Waals surface area contributed by atoms with E-state index in [4.69, 9.17) is 4.74 Å². The maximum Gasteiger partial charge on any atom is 0.159 e. The lowest BCUT2D eigenvalue weighted by Crippen LogP contribution is -2.05. The van der Waals surface area contributed by atoms with Crippen LogP contribution in [-0.4, -0.2) is 22.9 Å². The summed E-state index contributed by atoms with van der Waals surface area (Å²) < 4.78 is 5.17. The molecule has 0 saturated carbocycles. The molecule has 0 aliphatic rings. The highest BCUT2D eigenvalue weighted by atomic mass is 16.5. The standard InChI is InChI=1S/C21H22N4O2/c1-14(26)17-6-8-18(9-7-17)25-21-12-20(23-15(2)24-21)22-13-16-4-10-19(27-3)11-5-16/h4-12H,13H2,1-3H3,(H2,22,23,24,25). The molecule has 0 atom stereocenters. The van der Waals surface area contributed by atoms with Crippen molar-refractivity contribution in [3.63, 3.8) is 0 Å². The Bertz CT molecular complexity index is 922. The average molecular weight is 362 g/mol. The van der Waals surface area contributed by atoms with E-state index in [0.717, 1.165) is 22.8 Å². The molecule has 6 nitrogen and oxygen atoms in total. The molecule has 1 heterocycles.